The molecule has 0 aliphatic carbocycles. The van der Waals surface area contributed by atoms with E-state index in [1.165, 1.54) is 0 Å². The molecular formula is C12H32N2. The van der Waals surface area contributed by atoms with E-state index in [9.17, 15) is 0 Å². The van der Waals surface area contributed by atoms with Crippen LogP contribution in [0.1, 0.15) is 37.0 Å². The second-order valence-corrected chi connectivity index (χ2v) is 3.49. The lowest BCUT2D eigenvalue weighted by Crippen LogP contribution is -2.33. The highest BCUT2D eigenvalue weighted by Crippen LogP contribution is 1.86. The molecule has 0 radical (unpaired) electrons. The summed E-state index contributed by atoms with van der Waals surface area (Å²) in [4.78, 5) is 2.32. The zero-order chi connectivity index (χ0) is 11.4. The standard InChI is InChI=1S/C10H22N2.C2H6.2H2/c1-5-6-8-12(4)9-7-11-10(2)3;1-2;;/h5,10-11H,1,6-9H2,2-4H3;1-2H3;2*1H. The van der Waals surface area contributed by atoms with Crippen molar-refractivity contribution in [2.24, 2.45) is 0 Å². The Bertz CT molecular complexity index is 120. The molecule has 1 N–H and O–H groups in total. The molecule has 0 amide bonds. The first-order valence-electron chi connectivity index (χ1n) is 5.69. The molecule has 0 fully saturated rings. The second kappa shape index (κ2) is 12.7. The minimum absolute atomic E-state index is 0. The molecule has 14 heavy (non-hydrogen) atoms. The third-order valence-electron chi connectivity index (χ3n) is 1.76. The van der Waals surface area contributed by atoms with Gasteiger partial charge in [-0.2, -0.15) is 0 Å². The number of likely N-dealkylation sites (N-methyl/N-ethyl adjacent to an activating group) is 1. The Morgan fingerprint density at radius 2 is 1.93 bits per heavy atom. The van der Waals surface area contributed by atoms with E-state index >= 15 is 0 Å². The highest BCUT2D eigenvalue weighted by atomic mass is 15.1. The monoisotopic (exact) mass is 204 g/mol. The quantitative estimate of drug-likeness (QED) is 0.641. The van der Waals surface area contributed by atoms with Crippen LogP contribution in [-0.4, -0.2) is 37.6 Å². The third kappa shape index (κ3) is 14.2. The molecule has 2 heteroatoms. The molecule has 0 aliphatic heterocycles. The Balaban J connectivity index is -0.000000169. The van der Waals surface area contributed by atoms with Gasteiger partial charge in [0.15, 0.2) is 0 Å². The molecule has 0 aromatic rings. The van der Waals surface area contributed by atoms with Crippen LogP contribution in [0.3, 0.4) is 0 Å². The van der Waals surface area contributed by atoms with Gasteiger partial charge >= 0.3 is 0 Å². The van der Waals surface area contributed by atoms with Crippen LogP contribution < -0.4 is 5.32 Å². The molecule has 0 unspecified atom stereocenters. The molecule has 0 bridgehead atoms. The Labute approximate surface area is 93.3 Å². The van der Waals surface area contributed by atoms with Crippen molar-refractivity contribution >= 4 is 0 Å². The highest BCUT2D eigenvalue weighted by Gasteiger charge is 1.96. The van der Waals surface area contributed by atoms with Crippen molar-refractivity contribution in [3.63, 3.8) is 0 Å². The van der Waals surface area contributed by atoms with E-state index in [2.05, 4.69) is 37.7 Å². The average molecular weight is 204 g/mol. The highest BCUT2D eigenvalue weighted by molar-refractivity contribution is 4.68. The van der Waals surface area contributed by atoms with Crippen molar-refractivity contribution < 1.29 is 2.85 Å². The molecule has 0 heterocycles. The molecule has 0 saturated heterocycles. The van der Waals surface area contributed by atoms with Crippen LogP contribution in [-0.2, 0) is 0 Å². The van der Waals surface area contributed by atoms with Gasteiger partial charge in [0.05, 0.1) is 0 Å². The average Bonchev–Trinajstić information content (AvgIpc) is 2.17. The van der Waals surface area contributed by atoms with Gasteiger partial charge < -0.3 is 10.2 Å². The summed E-state index contributed by atoms with van der Waals surface area (Å²) in [5.74, 6) is 0. The van der Waals surface area contributed by atoms with E-state index in [0.717, 1.165) is 26.1 Å². The summed E-state index contributed by atoms with van der Waals surface area (Å²) in [5.41, 5.74) is 0. The van der Waals surface area contributed by atoms with Gasteiger partial charge in [0.2, 0.25) is 0 Å². The molecule has 0 atom stereocenters. The summed E-state index contributed by atoms with van der Waals surface area (Å²) in [6.45, 7) is 15.3. The summed E-state index contributed by atoms with van der Waals surface area (Å²) in [6, 6.07) is 0.595. The van der Waals surface area contributed by atoms with Gasteiger partial charge in [0.25, 0.3) is 0 Å². The van der Waals surface area contributed by atoms with Crippen LogP contribution in [0.2, 0.25) is 0 Å². The van der Waals surface area contributed by atoms with Gasteiger partial charge in [-0.05, 0) is 13.5 Å². The lowest BCUT2D eigenvalue weighted by Gasteiger charge is -2.16. The number of rotatable bonds is 7. The first-order valence-corrected chi connectivity index (χ1v) is 5.69. The number of hydrogen-bond acceptors (Lipinski definition) is 2. The van der Waals surface area contributed by atoms with Crippen LogP contribution in [0.5, 0.6) is 0 Å². The van der Waals surface area contributed by atoms with Crippen molar-refractivity contribution in [3.05, 3.63) is 12.7 Å². The Hall–Kier alpha value is -0.340. The topological polar surface area (TPSA) is 15.3 Å². The molecule has 0 rings (SSSR count). The lowest BCUT2D eigenvalue weighted by molar-refractivity contribution is 0.333. The maximum atomic E-state index is 3.70. The van der Waals surface area contributed by atoms with E-state index in [1.54, 1.807) is 0 Å². The second-order valence-electron chi connectivity index (χ2n) is 3.49. The van der Waals surface area contributed by atoms with E-state index in [4.69, 9.17) is 0 Å². The maximum absolute atomic E-state index is 3.70. The molecule has 0 spiro atoms. The summed E-state index contributed by atoms with van der Waals surface area (Å²) in [7, 11) is 2.14. The molecule has 0 aromatic heterocycles. The predicted molar refractivity (Wildman–Crippen MR) is 71.0 cm³/mol. The van der Waals surface area contributed by atoms with Crippen molar-refractivity contribution in [1.82, 2.24) is 10.2 Å². The van der Waals surface area contributed by atoms with Gasteiger partial charge in [-0.3, -0.25) is 0 Å². The molecule has 0 saturated carbocycles. The van der Waals surface area contributed by atoms with Gasteiger partial charge in [-0.1, -0.05) is 33.8 Å². The fraction of sp³-hybridized carbons (Fsp3) is 0.833. The fourth-order valence-corrected chi connectivity index (χ4v) is 0.968. The fourth-order valence-electron chi connectivity index (χ4n) is 0.968. The third-order valence-corrected chi connectivity index (χ3v) is 1.76. The molecule has 90 valence electrons. The van der Waals surface area contributed by atoms with Crippen LogP contribution in [0.4, 0.5) is 0 Å². The van der Waals surface area contributed by atoms with E-state index in [0.29, 0.717) is 6.04 Å². The Morgan fingerprint density at radius 1 is 1.36 bits per heavy atom. The van der Waals surface area contributed by atoms with E-state index in [-0.39, 0.29) is 2.85 Å². The number of nitrogens with one attached hydrogen (secondary N) is 1. The van der Waals surface area contributed by atoms with Crippen molar-refractivity contribution in [3.8, 4) is 0 Å². The predicted octanol–water partition coefficient (Wildman–Crippen LogP) is 3.01. The minimum Gasteiger partial charge on any atom is -0.313 e. The first kappa shape index (κ1) is 16.1. The van der Waals surface area contributed by atoms with Crippen LogP contribution >= 0.6 is 0 Å². The van der Waals surface area contributed by atoms with Crippen molar-refractivity contribution in [1.29, 1.82) is 0 Å². The lowest BCUT2D eigenvalue weighted by atomic mass is 10.3. The van der Waals surface area contributed by atoms with Crippen LogP contribution in [0.15, 0.2) is 12.7 Å². The van der Waals surface area contributed by atoms with Gasteiger partial charge in [0.1, 0.15) is 0 Å². The number of nitrogens with zero attached hydrogens (tertiary/aromatic N) is 1. The largest absolute Gasteiger partial charge is 0.313 e. The van der Waals surface area contributed by atoms with E-state index < -0.39 is 0 Å². The zero-order valence-corrected chi connectivity index (χ0v) is 10.6. The summed E-state index contributed by atoms with van der Waals surface area (Å²) < 4.78 is 0. The SMILES string of the molecule is C=CCCN(C)CCNC(C)C.CC.[HH].[HH]. The summed E-state index contributed by atoms with van der Waals surface area (Å²) in [6.07, 6.45) is 3.05. The Kier molecular flexibility index (Phi) is 14.6. The summed E-state index contributed by atoms with van der Waals surface area (Å²) in [5, 5.41) is 3.39. The van der Waals surface area contributed by atoms with Gasteiger partial charge in [-0.15, -0.1) is 6.58 Å². The maximum Gasteiger partial charge on any atom is 0.0104 e. The van der Waals surface area contributed by atoms with Gasteiger partial charge in [0, 0.05) is 28.5 Å². The van der Waals surface area contributed by atoms with Crippen LogP contribution in [0.25, 0.3) is 0 Å². The molecular weight excluding hydrogens is 172 g/mol. The molecule has 2 nitrogen and oxygen atoms in total. The van der Waals surface area contributed by atoms with Gasteiger partial charge in [-0.25, -0.2) is 0 Å². The zero-order valence-electron chi connectivity index (χ0n) is 10.6. The van der Waals surface area contributed by atoms with E-state index in [1.807, 2.05) is 19.9 Å². The molecule has 0 aliphatic rings. The number of hydrogen-bond donors (Lipinski definition) is 1. The Morgan fingerprint density at radius 3 is 2.36 bits per heavy atom. The smallest absolute Gasteiger partial charge is 0.0104 e. The summed E-state index contributed by atoms with van der Waals surface area (Å²) >= 11 is 0. The molecule has 0 aromatic carbocycles. The van der Waals surface area contributed by atoms with Crippen molar-refractivity contribution in [2.45, 2.75) is 40.2 Å². The first-order chi connectivity index (χ1) is 6.66. The normalized spacial score (nSPS) is 9.93. The van der Waals surface area contributed by atoms with Crippen molar-refractivity contribution in [2.75, 3.05) is 26.7 Å². The van der Waals surface area contributed by atoms with Crippen LogP contribution in [0, 0.1) is 0 Å². The minimum atomic E-state index is 0.